The molecule has 4 aromatic rings. The van der Waals surface area contributed by atoms with E-state index in [1.54, 1.807) is 20.8 Å². The molecule has 0 heterocycles. The van der Waals surface area contributed by atoms with Crippen molar-refractivity contribution in [3.05, 3.63) is 96.1 Å². The van der Waals surface area contributed by atoms with E-state index in [0.29, 0.717) is 18.6 Å². The lowest BCUT2D eigenvalue weighted by Crippen LogP contribution is -2.59. The van der Waals surface area contributed by atoms with Gasteiger partial charge in [0.2, 0.25) is 0 Å². The fourth-order valence-corrected chi connectivity index (χ4v) is 5.14. The van der Waals surface area contributed by atoms with Crippen molar-refractivity contribution in [2.24, 2.45) is 0 Å². The second-order valence-electron chi connectivity index (χ2n) is 11.0. The van der Waals surface area contributed by atoms with Crippen molar-refractivity contribution in [2.75, 3.05) is 7.11 Å². The lowest BCUT2D eigenvalue weighted by Gasteiger charge is -2.36. The number of fused-ring (bicyclic) bond motifs is 2. The molecule has 0 saturated carbocycles. The number of amides is 1. The van der Waals surface area contributed by atoms with Gasteiger partial charge in [-0.25, -0.2) is 9.59 Å². The highest BCUT2D eigenvalue weighted by Crippen LogP contribution is 2.37. The minimum absolute atomic E-state index is 0.276. The molecule has 4 aromatic carbocycles. The molecule has 1 aliphatic carbocycles. The van der Waals surface area contributed by atoms with E-state index in [1.165, 1.54) is 12.5 Å². The standard InChI is InChI=1S/C33H33NO5/c1-32(2,3)39-31(36)34-33(30(35)37-4)18-17-23-15-16-27(20-26(23)21-33)38-29-12-8-7-11-28(29)25-14-13-22-9-5-6-10-24(22)19-25/h5-16,19-20H,17-18,21H2,1-4H3,(H,34,36). The summed E-state index contributed by atoms with van der Waals surface area (Å²) in [5, 5.41) is 5.16. The molecular formula is C33H33NO5. The number of carbonyl (C=O) groups excluding carboxylic acids is 2. The van der Waals surface area contributed by atoms with Gasteiger partial charge in [0.25, 0.3) is 0 Å². The third-order valence-corrected chi connectivity index (χ3v) is 6.98. The number of nitrogens with one attached hydrogen (secondary N) is 1. The molecule has 0 aromatic heterocycles. The topological polar surface area (TPSA) is 73.9 Å². The van der Waals surface area contributed by atoms with Crippen molar-refractivity contribution in [3.8, 4) is 22.6 Å². The first-order chi connectivity index (χ1) is 18.7. The van der Waals surface area contributed by atoms with E-state index in [4.69, 9.17) is 14.2 Å². The van der Waals surface area contributed by atoms with Gasteiger partial charge in [-0.05, 0) is 85.3 Å². The quantitative estimate of drug-likeness (QED) is 0.280. The van der Waals surface area contributed by atoms with Crippen LogP contribution >= 0.6 is 0 Å². The maximum atomic E-state index is 12.9. The largest absolute Gasteiger partial charge is 0.467 e. The molecule has 1 amide bonds. The Morgan fingerprint density at radius 3 is 2.36 bits per heavy atom. The van der Waals surface area contributed by atoms with Crippen molar-refractivity contribution in [1.82, 2.24) is 5.32 Å². The molecule has 0 bridgehead atoms. The molecule has 0 spiro atoms. The maximum absolute atomic E-state index is 12.9. The van der Waals surface area contributed by atoms with Crippen molar-refractivity contribution < 1.29 is 23.8 Å². The van der Waals surface area contributed by atoms with Gasteiger partial charge in [0.1, 0.15) is 22.6 Å². The molecule has 1 atom stereocenters. The monoisotopic (exact) mass is 523 g/mol. The highest BCUT2D eigenvalue weighted by Gasteiger charge is 2.45. The molecular weight excluding hydrogens is 490 g/mol. The predicted molar refractivity (Wildman–Crippen MR) is 152 cm³/mol. The van der Waals surface area contributed by atoms with Crippen LogP contribution in [0.25, 0.3) is 21.9 Å². The lowest BCUT2D eigenvalue weighted by atomic mass is 9.78. The number of benzene rings is 4. The Bertz CT molecular complexity index is 1540. The van der Waals surface area contributed by atoms with Crippen LogP contribution in [0.2, 0.25) is 0 Å². The fourth-order valence-electron chi connectivity index (χ4n) is 5.14. The van der Waals surface area contributed by atoms with E-state index < -0.39 is 23.2 Å². The summed E-state index contributed by atoms with van der Waals surface area (Å²) in [6, 6.07) is 28.5. The van der Waals surface area contributed by atoms with Gasteiger partial charge >= 0.3 is 12.1 Å². The molecule has 0 saturated heterocycles. The molecule has 1 N–H and O–H groups in total. The molecule has 6 nitrogen and oxygen atoms in total. The average molecular weight is 524 g/mol. The first-order valence-electron chi connectivity index (χ1n) is 13.1. The number of hydrogen-bond acceptors (Lipinski definition) is 5. The Morgan fingerprint density at radius 2 is 1.59 bits per heavy atom. The maximum Gasteiger partial charge on any atom is 0.408 e. The number of alkyl carbamates (subject to hydrolysis) is 1. The Labute approximate surface area is 228 Å². The van der Waals surface area contributed by atoms with E-state index in [9.17, 15) is 9.59 Å². The molecule has 0 fully saturated rings. The SMILES string of the molecule is COC(=O)C1(NC(=O)OC(C)(C)C)CCc2ccc(Oc3ccccc3-c3ccc4ccccc4c3)cc2C1. The minimum Gasteiger partial charge on any atom is -0.467 e. The van der Waals surface area contributed by atoms with Gasteiger partial charge in [-0.15, -0.1) is 0 Å². The molecule has 200 valence electrons. The van der Waals surface area contributed by atoms with Gasteiger partial charge in [-0.1, -0.05) is 60.7 Å². The molecule has 0 radical (unpaired) electrons. The van der Waals surface area contributed by atoms with Crippen LogP contribution in [0.4, 0.5) is 4.79 Å². The van der Waals surface area contributed by atoms with E-state index in [-0.39, 0.29) is 6.42 Å². The Hall–Kier alpha value is -4.32. The summed E-state index contributed by atoms with van der Waals surface area (Å²) in [4.78, 5) is 25.6. The molecule has 1 unspecified atom stereocenters. The number of rotatable bonds is 5. The number of hydrogen-bond donors (Lipinski definition) is 1. The van der Waals surface area contributed by atoms with Gasteiger partial charge in [0, 0.05) is 12.0 Å². The first kappa shape index (κ1) is 26.3. The van der Waals surface area contributed by atoms with Crippen LogP contribution in [0.15, 0.2) is 84.9 Å². The van der Waals surface area contributed by atoms with Gasteiger partial charge < -0.3 is 19.5 Å². The van der Waals surface area contributed by atoms with Gasteiger partial charge in [-0.3, -0.25) is 0 Å². The van der Waals surface area contributed by atoms with E-state index >= 15 is 0 Å². The summed E-state index contributed by atoms with van der Waals surface area (Å²) in [7, 11) is 1.33. The number of aryl methyl sites for hydroxylation is 1. The zero-order valence-corrected chi connectivity index (χ0v) is 22.7. The molecule has 1 aliphatic rings. The third-order valence-electron chi connectivity index (χ3n) is 6.98. The normalized spacial score (nSPS) is 16.7. The second kappa shape index (κ2) is 10.4. The number of carbonyl (C=O) groups is 2. The first-order valence-corrected chi connectivity index (χ1v) is 13.1. The smallest absolute Gasteiger partial charge is 0.408 e. The van der Waals surface area contributed by atoms with Gasteiger partial charge in [0.15, 0.2) is 0 Å². The summed E-state index contributed by atoms with van der Waals surface area (Å²) in [5.74, 6) is 0.890. The molecule has 39 heavy (non-hydrogen) atoms. The Morgan fingerprint density at radius 1 is 0.846 bits per heavy atom. The number of para-hydroxylation sites is 1. The van der Waals surface area contributed by atoms with Crippen LogP contribution in [0.5, 0.6) is 11.5 Å². The third kappa shape index (κ3) is 5.75. The zero-order chi connectivity index (χ0) is 27.6. The van der Waals surface area contributed by atoms with Crippen molar-refractivity contribution in [3.63, 3.8) is 0 Å². The zero-order valence-electron chi connectivity index (χ0n) is 22.7. The van der Waals surface area contributed by atoms with E-state index in [2.05, 4.69) is 35.6 Å². The number of methoxy groups -OCH3 is 1. The van der Waals surface area contributed by atoms with E-state index in [0.717, 1.165) is 33.4 Å². The van der Waals surface area contributed by atoms with Crippen LogP contribution < -0.4 is 10.1 Å². The van der Waals surface area contributed by atoms with Crippen LogP contribution in [0.3, 0.4) is 0 Å². The van der Waals surface area contributed by atoms with Crippen molar-refractivity contribution in [1.29, 1.82) is 0 Å². The summed E-state index contributed by atoms with van der Waals surface area (Å²) in [6.07, 6.45) is 0.649. The summed E-state index contributed by atoms with van der Waals surface area (Å²) < 4.78 is 17.0. The molecule has 6 heteroatoms. The van der Waals surface area contributed by atoms with Gasteiger partial charge in [0.05, 0.1) is 7.11 Å². The Balaban J connectivity index is 1.43. The number of esters is 1. The summed E-state index contributed by atoms with van der Waals surface area (Å²) in [6.45, 7) is 5.35. The fraction of sp³-hybridized carbons (Fsp3) is 0.273. The Kier molecular flexibility index (Phi) is 7.04. The average Bonchev–Trinajstić information content (AvgIpc) is 2.91. The van der Waals surface area contributed by atoms with Crippen LogP contribution in [-0.2, 0) is 27.1 Å². The van der Waals surface area contributed by atoms with Crippen LogP contribution in [-0.4, -0.2) is 30.3 Å². The van der Waals surface area contributed by atoms with Crippen molar-refractivity contribution >= 4 is 22.8 Å². The highest BCUT2D eigenvalue weighted by atomic mass is 16.6. The summed E-state index contributed by atoms with van der Waals surface area (Å²) in [5.41, 5.74) is 2.17. The van der Waals surface area contributed by atoms with Crippen LogP contribution in [0, 0.1) is 0 Å². The van der Waals surface area contributed by atoms with Gasteiger partial charge in [-0.2, -0.15) is 0 Å². The van der Waals surface area contributed by atoms with E-state index in [1.807, 2.05) is 54.6 Å². The summed E-state index contributed by atoms with van der Waals surface area (Å²) >= 11 is 0. The predicted octanol–water partition coefficient (Wildman–Crippen LogP) is 7.22. The number of ether oxygens (including phenoxy) is 3. The highest BCUT2D eigenvalue weighted by molar-refractivity contribution is 5.88. The minimum atomic E-state index is -1.22. The van der Waals surface area contributed by atoms with Crippen LogP contribution in [0.1, 0.15) is 38.3 Å². The molecule has 5 rings (SSSR count). The molecule has 0 aliphatic heterocycles. The van der Waals surface area contributed by atoms with Crippen molar-refractivity contribution in [2.45, 2.75) is 51.2 Å². The second-order valence-corrected chi connectivity index (χ2v) is 11.0. The lowest BCUT2D eigenvalue weighted by molar-refractivity contribution is -0.149.